The van der Waals surface area contributed by atoms with Crippen LogP contribution in [0.15, 0.2) is 42.7 Å². The third kappa shape index (κ3) is 4.87. The maximum atomic E-state index is 15.2. The molecule has 2 aromatic carbocycles. The van der Waals surface area contributed by atoms with Crippen LogP contribution in [-0.4, -0.2) is 44.3 Å². The molecule has 0 aromatic heterocycles. The van der Waals surface area contributed by atoms with E-state index in [-0.39, 0.29) is 13.1 Å². The molecule has 2 heterocycles. The van der Waals surface area contributed by atoms with Crippen LogP contribution < -0.4 is 0 Å². The van der Waals surface area contributed by atoms with Crippen molar-refractivity contribution in [2.45, 2.75) is 24.6 Å². The lowest BCUT2D eigenvalue weighted by Gasteiger charge is -2.44. The highest BCUT2D eigenvalue weighted by Gasteiger charge is 2.47. The first kappa shape index (κ1) is 24.3. The second-order valence-corrected chi connectivity index (χ2v) is 12.1. The lowest BCUT2D eigenvalue weighted by atomic mass is 9.85. The van der Waals surface area contributed by atoms with Crippen molar-refractivity contribution in [3.8, 4) is 0 Å². The van der Waals surface area contributed by atoms with E-state index in [1.807, 2.05) is 6.92 Å². The molecule has 2 aliphatic heterocycles. The van der Waals surface area contributed by atoms with Crippen molar-refractivity contribution in [3.63, 3.8) is 0 Å². The van der Waals surface area contributed by atoms with Gasteiger partial charge in [0.15, 0.2) is 15.5 Å². The first-order valence-corrected chi connectivity index (χ1v) is 13.3. The summed E-state index contributed by atoms with van der Waals surface area (Å²) in [4.78, 5) is 13.2. The predicted molar refractivity (Wildman–Crippen MR) is 128 cm³/mol. The molecular weight excluding hydrogens is 512 g/mol. The average molecular weight is 533 g/mol. The Morgan fingerprint density at radius 2 is 1.67 bits per heavy atom. The van der Waals surface area contributed by atoms with Gasteiger partial charge >= 0.3 is 0 Å². The summed E-state index contributed by atoms with van der Waals surface area (Å²) in [5.74, 6) is -1.20. The fraction of sp³-hybridized carbons (Fsp3) is 0.348. The third-order valence-electron chi connectivity index (χ3n) is 5.98. The molecule has 176 valence electrons. The van der Waals surface area contributed by atoms with Gasteiger partial charge in [0.25, 0.3) is 0 Å². The molecule has 2 aliphatic rings. The Kier molecular flexibility index (Phi) is 6.23. The molecule has 2 aromatic rings. The molecule has 0 spiro atoms. The topological polar surface area (TPSA) is 63.7 Å². The molecule has 0 N–H and O–H groups in total. The SMILES string of the molecule is CC1(c2cc(Cl)c(Cl)c(Cl)c2)CC(c2ccc(C3(F)CN(C(=O)CS(C)(=O)=O)C3)cc2)=CO1. The monoisotopic (exact) mass is 531 g/mol. The van der Waals surface area contributed by atoms with Crippen molar-refractivity contribution in [3.05, 3.63) is 74.4 Å². The van der Waals surface area contributed by atoms with Gasteiger partial charge in [0.2, 0.25) is 5.91 Å². The van der Waals surface area contributed by atoms with Gasteiger partial charge in [-0.25, -0.2) is 12.8 Å². The Balaban J connectivity index is 1.44. The summed E-state index contributed by atoms with van der Waals surface area (Å²) in [5, 5.41) is 0.986. The lowest BCUT2D eigenvalue weighted by Crippen LogP contribution is -2.59. The third-order valence-corrected chi connectivity index (χ3v) is 7.95. The number of hydrogen-bond donors (Lipinski definition) is 0. The van der Waals surface area contributed by atoms with Gasteiger partial charge < -0.3 is 9.64 Å². The summed E-state index contributed by atoms with van der Waals surface area (Å²) in [6.07, 6.45) is 3.20. The number of carbonyl (C=O) groups excluding carboxylic acids is 1. The Morgan fingerprint density at radius 1 is 1.09 bits per heavy atom. The quantitative estimate of drug-likeness (QED) is 0.485. The van der Waals surface area contributed by atoms with Crippen LogP contribution in [0.3, 0.4) is 0 Å². The van der Waals surface area contributed by atoms with Crippen molar-refractivity contribution >= 4 is 56.1 Å². The molecule has 0 bridgehead atoms. The Labute approximate surface area is 207 Å². The van der Waals surface area contributed by atoms with E-state index < -0.39 is 32.8 Å². The molecular formula is C23H21Cl3FNO4S. The number of halogens is 4. The zero-order chi connectivity index (χ0) is 24.2. The summed E-state index contributed by atoms with van der Waals surface area (Å²) in [6.45, 7) is 1.60. The molecule has 1 fully saturated rings. The van der Waals surface area contributed by atoms with E-state index >= 15 is 4.39 Å². The van der Waals surface area contributed by atoms with E-state index in [0.717, 1.165) is 23.0 Å². The van der Waals surface area contributed by atoms with Crippen LogP contribution in [-0.2, 0) is 30.6 Å². The number of benzene rings is 2. The summed E-state index contributed by atoms with van der Waals surface area (Å²) < 4.78 is 43.8. The molecule has 0 aliphatic carbocycles. The number of ether oxygens (including phenoxy) is 1. The van der Waals surface area contributed by atoms with Crippen molar-refractivity contribution in [2.24, 2.45) is 0 Å². The van der Waals surface area contributed by atoms with Gasteiger partial charge in [-0.2, -0.15) is 0 Å². The summed E-state index contributed by atoms with van der Waals surface area (Å²) in [5.41, 5.74) is 0.660. The van der Waals surface area contributed by atoms with Gasteiger partial charge in [0.05, 0.1) is 34.4 Å². The summed E-state index contributed by atoms with van der Waals surface area (Å²) in [7, 11) is -3.45. The van der Waals surface area contributed by atoms with Crippen molar-refractivity contribution in [2.75, 3.05) is 25.1 Å². The van der Waals surface area contributed by atoms with E-state index in [1.54, 1.807) is 42.7 Å². The molecule has 5 nitrogen and oxygen atoms in total. The maximum Gasteiger partial charge on any atom is 0.237 e. The van der Waals surface area contributed by atoms with Crippen LogP contribution in [0, 0.1) is 0 Å². The number of rotatable bonds is 5. The van der Waals surface area contributed by atoms with Crippen LogP contribution in [0.2, 0.25) is 15.1 Å². The highest BCUT2D eigenvalue weighted by atomic mass is 35.5. The number of hydrogen-bond acceptors (Lipinski definition) is 4. The zero-order valence-electron chi connectivity index (χ0n) is 17.9. The standard InChI is InChI=1S/C23H21Cl3FNO4S/c1-22(17-7-18(24)21(26)19(25)8-17)9-15(10-32-22)14-3-5-16(6-4-14)23(27)12-28(13-23)20(29)11-33(2,30)31/h3-8,10H,9,11-13H2,1-2H3. The van der Waals surface area contributed by atoms with Crippen LogP contribution in [0.5, 0.6) is 0 Å². The highest BCUT2D eigenvalue weighted by Crippen LogP contribution is 2.45. The van der Waals surface area contributed by atoms with Gasteiger partial charge in [-0.05, 0) is 41.3 Å². The Hall–Kier alpha value is -1.80. The first-order chi connectivity index (χ1) is 15.3. The number of likely N-dealkylation sites (tertiary alicyclic amines) is 1. The zero-order valence-corrected chi connectivity index (χ0v) is 21.0. The number of carbonyl (C=O) groups is 1. The fourth-order valence-corrected chi connectivity index (χ4v) is 5.29. The number of nitrogens with zero attached hydrogens (tertiary/aromatic N) is 1. The van der Waals surface area contributed by atoms with Crippen molar-refractivity contribution < 1.29 is 22.3 Å². The van der Waals surface area contributed by atoms with Gasteiger partial charge in [-0.3, -0.25) is 4.79 Å². The van der Waals surface area contributed by atoms with E-state index in [1.165, 1.54) is 4.90 Å². The van der Waals surface area contributed by atoms with E-state index in [2.05, 4.69) is 0 Å². The molecule has 0 saturated carbocycles. The van der Waals surface area contributed by atoms with Gasteiger partial charge in [-0.1, -0.05) is 59.1 Å². The van der Waals surface area contributed by atoms with E-state index in [4.69, 9.17) is 39.5 Å². The predicted octanol–water partition coefficient (Wildman–Crippen LogP) is 5.38. The molecule has 0 radical (unpaired) electrons. The van der Waals surface area contributed by atoms with Gasteiger partial charge in [0.1, 0.15) is 11.4 Å². The lowest BCUT2D eigenvalue weighted by molar-refractivity contribution is -0.143. The minimum atomic E-state index is -3.45. The average Bonchev–Trinajstić information content (AvgIpc) is 3.11. The maximum absolute atomic E-state index is 15.2. The molecule has 33 heavy (non-hydrogen) atoms. The molecule has 10 heteroatoms. The molecule has 1 amide bonds. The molecule has 1 saturated heterocycles. The van der Waals surface area contributed by atoms with Crippen LogP contribution in [0.4, 0.5) is 4.39 Å². The number of amides is 1. The minimum absolute atomic E-state index is 0.164. The van der Waals surface area contributed by atoms with Crippen LogP contribution >= 0.6 is 34.8 Å². The van der Waals surface area contributed by atoms with E-state index in [0.29, 0.717) is 27.1 Å². The van der Waals surface area contributed by atoms with Crippen molar-refractivity contribution in [1.82, 2.24) is 4.90 Å². The summed E-state index contributed by atoms with van der Waals surface area (Å²) in [6, 6.07) is 10.4. The van der Waals surface area contributed by atoms with E-state index in [9.17, 15) is 13.2 Å². The fourth-order valence-electron chi connectivity index (χ4n) is 4.07. The molecule has 1 unspecified atom stereocenters. The van der Waals surface area contributed by atoms with Crippen LogP contribution in [0.25, 0.3) is 5.57 Å². The molecule has 4 rings (SSSR count). The second kappa shape index (κ2) is 8.45. The first-order valence-electron chi connectivity index (χ1n) is 10.1. The second-order valence-electron chi connectivity index (χ2n) is 8.78. The Morgan fingerprint density at radius 3 is 2.21 bits per heavy atom. The molecule has 1 atom stereocenters. The summed E-state index contributed by atoms with van der Waals surface area (Å²) >= 11 is 18.4. The van der Waals surface area contributed by atoms with Crippen LogP contribution in [0.1, 0.15) is 30.0 Å². The largest absolute Gasteiger partial charge is 0.490 e. The minimum Gasteiger partial charge on any atom is -0.490 e. The van der Waals surface area contributed by atoms with Crippen molar-refractivity contribution in [1.29, 1.82) is 0 Å². The van der Waals surface area contributed by atoms with Gasteiger partial charge in [0, 0.05) is 12.7 Å². The highest BCUT2D eigenvalue weighted by molar-refractivity contribution is 7.91. The van der Waals surface area contributed by atoms with Gasteiger partial charge in [-0.15, -0.1) is 0 Å². The Bertz CT molecular complexity index is 1230. The number of sulfone groups is 1. The number of alkyl halides is 1. The normalized spacial score (nSPS) is 21.9. The smallest absolute Gasteiger partial charge is 0.237 e.